The number of hydrogen-bond acceptors (Lipinski definition) is 3. The Balaban J connectivity index is 2.26. The van der Waals surface area contributed by atoms with Crippen molar-refractivity contribution in [1.82, 2.24) is 9.97 Å². The molecule has 0 amide bonds. The van der Waals surface area contributed by atoms with Crippen molar-refractivity contribution in [2.45, 2.75) is 65.7 Å². The summed E-state index contributed by atoms with van der Waals surface area (Å²) in [5.74, 6) is -0.564. The number of nitrogens with zero attached hydrogens (tertiary/aromatic N) is 2. The first kappa shape index (κ1) is 20.1. The number of carbonyl (C=O) groups is 1. The Morgan fingerprint density at radius 3 is 2.46 bits per heavy atom. The lowest BCUT2D eigenvalue weighted by molar-refractivity contribution is 0.0683. The average Bonchev–Trinajstić information content (AvgIpc) is 2.65. The van der Waals surface area contributed by atoms with Gasteiger partial charge in [0.05, 0.1) is 5.69 Å². The highest BCUT2D eigenvalue weighted by Crippen LogP contribution is 2.24. The minimum atomic E-state index is -1.09. The molecule has 1 aromatic carbocycles. The van der Waals surface area contributed by atoms with E-state index in [-0.39, 0.29) is 5.82 Å². The van der Waals surface area contributed by atoms with E-state index in [2.05, 4.69) is 55.0 Å². The van der Waals surface area contributed by atoms with E-state index in [4.69, 9.17) is 0 Å². The van der Waals surface area contributed by atoms with Crippen LogP contribution in [0.25, 0.3) is 11.3 Å². The highest BCUT2D eigenvalue weighted by atomic mass is 16.4. The van der Waals surface area contributed by atoms with Gasteiger partial charge in [-0.1, -0.05) is 70.7 Å². The van der Waals surface area contributed by atoms with Gasteiger partial charge in [-0.25, -0.2) is 14.8 Å². The zero-order valence-corrected chi connectivity index (χ0v) is 16.2. The van der Waals surface area contributed by atoms with Crippen LogP contribution in [0.1, 0.15) is 74.6 Å². The van der Waals surface area contributed by atoms with Gasteiger partial charge in [0.25, 0.3) is 0 Å². The zero-order valence-electron chi connectivity index (χ0n) is 16.2. The number of hydrogen-bond donors (Lipinski definition) is 1. The normalized spacial score (nSPS) is 12.1. The summed E-state index contributed by atoms with van der Waals surface area (Å²) in [7, 11) is 0. The number of benzene rings is 1. The molecule has 0 radical (unpaired) electrons. The fraction of sp³-hybridized carbons (Fsp3) is 0.500. The van der Waals surface area contributed by atoms with Crippen LogP contribution in [-0.4, -0.2) is 21.0 Å². The summed E-state index contributed by atoms with van der Waals surface area (Å²) in [6.45, 7) is 6.65. The second-order valence-electron chi connectivity index (χ2n) is 7.10. The summed E-state index contributed by atoms with van der Waals surface area (Å²) in [4.78, 5) is 19.6. The Morgan fingerprint density at radius 2 is 1.85 bits per heavy atom. The Bertz CT molecular complexity index is 711. The number of carboxylic acids is 1. The Labute approximate surface area is 156 Å². The molecule has 26 heavy (non-hydrogen) atoms. The zero-order chi connectivity index (χ0) is 18.9. The molecule has 0 unspecified atom stereocenters. The second kappa shape index (κ2) is 10.0. The van der Waals surface area contributed by atoms with Gasteiger partial charge in [0, 0.05) is 11.8 Å². The van der Waals surface area contributed by atoms with Crippen LogP contribution in [0.3, 0.4) is 0 Å². The van der Waals surface area contributed by atoms with Crippen molar-refractivity contribution in [3.8, 4) is 11.3 Å². The van der Waals surface area contributed by atoms with Crippen molar-refractivity contribution in [3.05, 3.63) is 47.4 Å². The summed E-state index contributed by atoms with van der Waals surface area (Å²) in [5.41, 5.74) is 4.05. The molecule has 1 aromatic heterocycles. The molecular formula is C22H30N2O2. The number of carboxylic acid groups (broad SMARTS) is 1. The first-order chi connectivity index (χ1) is 12.5. The Hall–Kier alpha value is -2.23. The van der Waals surface area contributed by atoms with Gasteiger partial charge < -0.3 is 5.11 Å². The third-order valence-corrected chi connectivity index (χ3v) is 4.86. The van der Waals surface area contributed by atoms with E-state index in [0.717, 1.165) is 42.5 Å². The highest BCUT2D eigenvalue weighted by molar-refractivity contribution is 5.84. The lowest BCUT2D eigenvalue weighted by Gasteiger charge is -2.12. The molecule has 140 valence electrons. The molecule has 1 heterocycles. The van der Waals surface area contributed by atoms with Crippen molar-refractivity contribution in [3.63, 3.8) is 0 Å². The summed E-state index contributed by atoms with van der Waals surface area (Å²) in [5, 5.41) is 9.24. The van der Waals surface area contributed by atoms with Crippen molar-refractivity contribution in [1.29, 1.82) is 0 Å². The molecule has 4 nitrogen and oxygen atoms in total. The third kappa shape index (κ3) is 5.65. The van der Waals surface area contributed by atoms with Crippen molar-refractivity contribution < 1.29 is 9.90 Å². The first-order valence-electron chi connectivity index (χ1n) is 9.73. The number of aromatic nitrogens is 2. The van der Waals surface area contributed by atoms with Crippen molar-refractivity contribution in [2.24, 2.45) is 5.92 Å². The molecule has 1 atom stereocenters. The molecular weight excluding hydrogens is 324 g/mol. The Morgan fingerprint density at radius 1 is 1.12 bits per heavy atom. The fourth-order valence-corrected chi connectivity index (χ4v) is 3.03. The maximum atomic E-state index is 11.3. The largest absolute Gasteiger partial charge is 0.475 e. The molecule has 1 N–H and O–H groups in total. The van der Waals surface area contributed by atoms with Crippen LogP contribution in [-0.2, 0) is 12.8 Å². The van der Waals surface area contributed by atoms with Gasteiger partial charge in [-0.05, 0) is 36.3 Å². The van der Waals surface area contributed by atoms with Crippen LogP contribution in [0, 0.1) is 5.92 Å². The standard InChI is InChI=1S/C22H30N2O2/c1-4-6-7-8-9-19-15-23-21(22(25)26)24-20(19)18-12-10-17(11-13-18)14-16(3)5-2/h10-13,15-16H,4-9,14H2,1-3H3,(H,25,26)/t16-/m0/s1. The van der Waals surface area contributed by atoms with Crippen molar-refractivity contribution in [2.75, 3.05) is 0 Å². The molecule has 0 saturated heterocycles. The summed E-state index contributed by atoms with van der Waals surface area (Å²) in [6, 6.07) is 8.37. The smallest absolute Gasteiger partial charge is 0.373 e. The lowest BCUT2D eigenvalue weighted by Crippen LogP contribution is -2.07. The molecule has 0 fully saturated rings. The van der Waals surface area contributed by atoms with Crippen LogP contribution in [0.15, 0.2) is 30.5 Å². The second-order valence-corrected chi connectivity index (χ2v) is 7.10. The Kier molecular flexibility index (Phi) is 7.76. The predicted octanol–water partition coefficient (Wildman–Crippen LogP) is 5.55. The van der Waals surface area contributed by atoms with Crippen LogP contribution in [0.5, 0.6) is 0 Å². The monoisotopic (exact) mass is 354 g/mol. The van der Waals surface area contributed by atoms with Crippen LogP contribution in [0.2, 0.25) is 0 Å². The lowest BCUT2D eigenvalue weighted by atomic mass is 9.96. The summed E-state index contributed by atoms with van der Waals surface area (Å²) < 4.78 is 0. The molecule has 2 aromatic rings. The van der Waals surface area contributed by atoms with Gasteiger partial charge in [-0.15, -0.1) is 0 Å². The molecule has 0 aliphatic rings. The quantitative estimate of drug-likeness (QED) is 0.568. The van der Waals surface area contributed by atoms with Crippen molar-refractivity contribution >= 4 is 5.97 Å². The number of aryl methyl sites for hydroxylation is 1. The van der Waals surface area contributed by atoms with Gasteiger partial charge in [-0.3, -0.25) is 0 Å². The van der Waals surface area contributed by atoms with Crippen LogP contribution in [0.4, 0.5) is 0 Å². The fourth-order valence-electron chi connectivity index (χ4n) is 3.03. The summed E-state index contributed by atoms with van der Waals surface area (Å²) in [6.07, 6.45) is 9.44. The van der Waals surface area contributed by atoms with E-state index in [1.165, 1.54) is 24.8 Å². The maximum Gasteiger partial charge on any atom is 0.373 e. The maximum absolute atomic E-state index is 11.3. The van der Waals surface area contributed by atoms with Gasteiger partial charge in [0.15, 0.2) is 0 Å². The molecule has 0 saturated carbocycles. The van der Waals surface area contributed by atoms with E-state index in [0.29, 0.717) is 5.92 Å². The topological polar surface area (TPSA) is 63.1 Å². The van der Waals surface area contributed by atoms with Gasteiger partial charge in [0.2, 0.25) is 5.82 Å². The molecule has 4 heteroatoms. The first-order valence-corrected chi connectivity index (χ1v) is 9.73. The molecule has 2 rings (SSSR count). The van der Waals surface area contributed by atoms with Crippen LogP contribution >= 0.6 is 0 Å². The molecule has 0 aliphatic heterocycles. The number of aromatic carboxylic acids is 1. The van der Waals surface area contributed by atoms with Gasteiger partial charge in [-0.2, -0.15) is 0 Å². The predicted molar refractivity (Wildman–Crippen MR) is 105 cm³/mol. The van der Waals surface area contributed by atoms with Gasteiger partial charge >= 0.3 is 5.97 Å². The number of rotatable bonds is 10. The minimum Gasteiger partial charge on any atom is -0.475 e. The molecule has 0 bridgehead atoms. The van der Waals surface area contributed by atoms with Crippen LogP contribution < -0.4 is 0 Å². The molecule has 0 spiro atoms. The molecule has 0 aliphatic carbocycles. The van der Waals surface area contributed by atoms with E-state index < -0.39 is 5.97 Å². The minimum absolute atomic E-state index is 0.138. The van der Waals surface area contributed by atoms with E-state index in [9.17, 15) is 9.90 Å². The van der Waals surface area contributed by atoms with E-state index in [1.54, 1.807) is 6.20 Å². The van der Waals surface area contributed by atoms with Gasteiger partial charge in [0.1, 0.15) is 0 Å². The SMILES string of the molecule is CCCCCCc1cnc(C(=O)O)nc1-c1ccc(C[C@@H](C)CC)cc1. The summed E-state index contributed by atoms with van der Waals surface area (Å²) >= 11 is 0. The van der Waals surface area contributed by atoms with E-state index in [1.807, 2.05) is 0 Å². The average molecular weight is 354 g/mol. The van der Waals surface area contributed by atoms with E-state index >= 15 is 0 Å². The highest BCUT2D eigenvalue weighted by Gasteiger charge is 2.14. The number of unbranched alkanes of at least 4 members (excludes halogenated alkanes) is 3. The third-order valence-electron chi connectivity index (χ3n) is 4.86.